The predicted molar refractivity (Wildman–Crippen MR) is 91.5 cm³/mol. The van der Waals surface area contributed by atoms with Gasteiger partial charge in [-0.3, -0.25) is 0 Å². The van der Waals surface area contributed by atoms with Crippen LogP contribution in [0.4, 0.5) is 0 Å². The van der Waals surface area contributed by atoms with Gasteiger partial charge in [0.1, 0.15) is 0 Å². The third kappa shape index (κ3) is 1.95. The predicted octanol–water partition coefficient (Wildman–Crippen LogP) is 3.43. The first kappa shape index (κ1) is 14.5. The first-order chi connectivity index (χ1) is 10.3. The van der Waals surface area contributed by atoms with Crippen LogP contribution in [0.15, 0.2) is 11.6 Å². The summed E-state index contributed by atoms with van der Waals surface area (Å²) in [7, 11) is -0.228. The highest BCUT2D eigenvalue weighted by Crippen LogP contribution is 2.39. The normalized spacial score (nSPS) is 24.4. The van der Waals surface area contributed by atoms with Gasteiger partial charge in [0.2, 0.25) is 0 Å². The largest absolute Gasteiger partial charge is 0.495 e. The van der Waals surface area contributed by atoms with Crippen molar-refractivity contribution in [2.45, 2.75) is 71.5 Å². The molecule has 4 rings (SSSR count). The maximum atomic E-state index is 6.38. The summed E-state index contributed by atoms with van der Waals surface area (Å²) in [5.41, 5.74) is 8.05. The fraction of sp³-hybridized carbons (Fsp3) is 0.579. The minimum atomic E-state index is -0.275. The van der Waals surface area contributed by atoms with Crippen molar-refractivity contribution in [2.75, 3.05) is 0 Å². The van der Waals surface area contributed by atoms with E-state index in [1.54, 1.807) is 0 Å². The molecule has 2 aliphatic carbocycles. The van der Waals surface area contributed by atoms with Crippen molar-refractivity contribution >= 4 is 18.7 Å². The molecule has 1 heterocycles. The van der Waals surface area contributed by atoms with Gasteiger partial charge in [0.15, 0.2) is 0 Å². The maximum Gasteiger partial charge on any atom is 0.495 e. The highest BCUT2D eigenvalue weighted by Gasteiger charge is 2.53. The van der Waals surface area contributed by atoms with Crippen molar-refractivity contribution in [1.82, 2.24) is 0 Å². The summed E-state index contributed by atoms with van der Waals surface area (Å²) in [5, 5.41) is 0. The topological polar surface area (TPSA) is 18.5 Å². The lowest BCUT2D eigenvalue weighted by molar-refractivity contribution is 0.00578. The quantitative estimate of drug-likeness (QED) is 0.739. The number of allylic oxidation sites excluding steroid dienone is 1. The molecule has 0 unspecified atom stereocenters. The van der Waals surface area contributed by atoms with E-state index in [1.165, 1.54) is 46.1 Å². The molecule has 0 amide bonds. The van der Waals surface area contributed by atoms with Crippen LogP contribution in [-0.2, 0) is 28.6 Å². The van der Waals surface area contributed by atoms with E-state index in [-0.39, 0.29) is 18.3 Å². The van der Waals surface area contributed by atoms with Gasteiger partial charge in [0.25, 0.3) is 0 Å². The molecule has 1 aromatic rings. The smallest absolute Gasteiger partial charge is 0.399 e. The Hall–Kier alpha value is -1.06. The lowest BCUT2D eigenvalue weighted by Crippen LogP contribution is -2.41. The van der Waals surface area contributed by atoms with Crippen molar-refractivity contribution in [2.24, 2.45) is 0 Å². The van der Waals surface area contributed by atoms with Gasteiger partial charge in [0, 0.05) is 0 Å². The second-order valence-corrected chi connectivity index (χ2v) is 8.11. The molecule has 0 atom stereocenters. The summed E-state index contributed by atoms with van der Waals surface area (Å²) in [5.74, 6) is 0. The van der Waals surface area contributed by atoms with Crippen molar-refractivity contribution in [3.05, 3.63) is 33.9 Å². The van der Waals surface area contributed by atoms with Crippen LogP contribution < -0.4 is 5.46 Å². The van der Waals surface area contributed by atoms with Crippen molar-refractivity contribution in [3.8, 4) is 0 Å². The standard InChI is InChI=1S/C19H25BO2/c1-12-9-14-11-13-7-6-8-15(13)17(16(14)10-12)20-21-18(2,3)19(4,5)22-20/h10-11H,6-9H2,1-5H3. The SMILES string of the molecule is CC1=Cc2c(cc3c(c2B2OC(C)(C)C(C)(C)O2)CCC3)C1. The number of fused-ring (bicyclic) bond motifs is 2. The Labute approximate surface area is 134 Å². The minimum absolute atomic E-state index is 0.228. The van der Waals surface area contributed by atoms with Gasteiger partial charge < -0.3 is 9.31 Å². The van der Waals surface area contributed by atoms with Crippen molar-refractivity contribution in [3.63, 3.8) is 0 Å². The van der Waals surface area contributed by atoms with Gasteiger partial charge in [0.05, 0.1) is 11.2 Å². The van der Waals surface area contributed by atoms with Crippen LogP contribution in [0.25, 0.3) is 6.08 Å². The highest BCUT2D eigenvalue weighted by molar-refractivity contribution is 6.63. The van der Waals surface area contributed by atoms with Gasteiger partial charge in [-0.1, -0.05) is 17.7 Å². The Morgan fingerprint density at radius 1 is 1.00 bits per heavy atom. The Morgan fingerprint density at radius 2 is 1.68 bits per heavy atom. The van der Waals surface area contributed by atoms with Gasteiger partial charge in [-0.2, -0.15) is 0 Å². The number of aryl methyl sites for hydroxylation is 1. The monoisotopic (exact) mass is 296 g/mol. The zero-order chi connectivity index (χ0) is 15.7. The van der Waals surface area contributed by atoms with Crippen LogP contribution in [0.2, 0.25) is 0 Å². The zero-order valence-corrected chi connectivity index (χ0v) is 14.4. The minimum Gasteiger partial charge on any atom is -0.399 e. The van der Waals surface area contributed by atoms with Crippen LogP contribution in [0, 0.1) is 0 Å². The van der Waals surface area contributed by atoms with E-state index in [2.05, 4.69) is 46.8 Å². The Bertz CT molecular complexity index is 669. The molecule has 1 fully saturated rings. The molecule has 1 saturated heterocycles. The number of hydrogen-bond donors (Lipinski definition) is 0. The molecular formula is C19H25BO2. The van der Waals surface area contributed by atoms with E-state index in [9.17, 15) is 0 Å². The van der Waals surface area contributed by atoms with Crippen LogP contribution in [0.1, 0.15) is 63.3 Å². The Morgan fingerprint density at radius 3 is 2.36 bits per heavy atom. The molecule has 116 valence electrons. The van der Waals surface area contributed by atoms with E-state index in [4.69, 9.17) is 9.31 Å². The first-order valence-electron chi connectivity index (χ1n) is 8.49. The molecule has 2 nitrogen and oxygen atoms in total. The molecule has 1 aliphatic heterocycles. The average molecular weight is 296 g/mol. The van der Waals surface area contributed by atoms with E-state index in [0.29, 0.717) is 0 Å². The third-order valence-corrected chi connectivity index (χ3v) is 5.92. The molecule has 0 spiro atoms. The Balaban J connectivity index is 1.86. The van der Waals surface area contributed by atoms with Crippen LogP contribution in [-0.4, -0.2) is 18.3 Å². The zero-order valence-electron chi connectivity index (χ0n) is 14.4. The van der Waals surface area contributed by atoms with Crippen LogP contribution in [0.5, 0.6) is 0 Å². The fourth-order valence-electron chi connectivity index (χ4n) is 4.00. The van der Waals surface area contributed by atoms with Crippen molar-refractivity contribution < 1.29 is 9.31 Å². The molecular weight excluding hydrogens is 271 g/mol. The van der Waals surface area contributed by atoms with E-state index in [1.807, 2.05) is 0 Å². The molecule has 0 saturated carbocycles. The average Bonchev–Trinajstić information content (AvgIpc) is 3.02. The number of hydrogen-bond acceptors (Lipinski definition) is 2. The first-order valence-corrected chi connectivity index (χ1v) is 8.49. The second-order valence-electron chi connectivity index (χ2n) is 8.11. The molecule has 22 heavy (non-hydrogen) atoms. The number of rotatable bonds is 1. The molecule has 1 aromatic carbocycles. The van der Waals surface area contributed by atoms with Crippen LogP contribution >= 0.6 is 0 Å². The lowest BCUT2D eigenvalue weighted by Gasteiger charge is -2.32. The molecule has 0 aromatic heterocycles. The van der Waals surface area contributed by atoms with Crippen molar-refractivity contribution in [1.29, 1.82) is 0 Å². The highest BCUT2D eigenvalue weighted by atomic mass is 16.7. The van der Waals surface area contributed by atoms with E-state index >= 15 is 0 Å². The summed E-state index contributed by atoms with van der Waals surface area (Å²) in [6.07, 6.45) is 7.04. The summed E-state index contributed by atoms with van der Waals surface area (Å²) in [6, 6.07) is 2.43. The molecule has 0 N–H and O–H groups in total. The van der Waals surface area contributed by atoms with Gasteiger partial charge in [-0.25, -0.2) is 0 Å². The Kier molecular flexibility index (Phi) is 2.96. The summed E-state index contributed by atoms with van der Waals surface area (Å²) < 4.78 is 12.8. The molecule has 3 aliphatic rings. The van der Waals surface area contributed by atoms with Crippen LogP contribution in [0.3, 0.4) is 0 Å². The molecule has 0 radical (unpaired) electrons. The van der Waals surface area contributed by atoms with Gasteiger partial charge in [-0.15, -0.1) is 0 Å². The maximum absolute atomic E-state index is 6.38. The third-order valence-electron chi connectivity index (χ3n) is 5.92. The summed E-state index contributed by atoms with van der Waals surface area (Å²) in [4.78, 5) is 0. The second kappa shape index (κ2) is 4.49. The van der Waals surface area contributed by atoms with E-state index in [0.717, 1.165) is 12.8 Å². The lowest BCUT2D eigenvalue weighted by atomic mass is 9.71. The fourth-order valence-corrected chi connectivity index (χ4v) is 4.00. The summed E-state index contributed by atoms with van der Waals surface area (Å²) >= 11 is 0. The van der Waals surface area contributed by atoms with E-state index < -0.39 is 0 Å². The van der Waals surface area contributed by atoms with Gasteiger partial charge >= 0.3 is 7.12 Å². The van der Waals surface area contributed by atoms with Gasteiger partial charge in [-0.05, 0) is 88.0 Å². The molecule has 3 heteroatoms. The summed E-state index contributed by atoms with van der Waals surface area (Å²) in [6.45, 7) is 10.8. The molecule has 0 bridgehead atoms. The number of benzene rings is 1.